The average Bonchev–Trinajstić information content (AvgIpc) is 3.34. The Bertz CT molecular complexity index is 1510. The summed E-state index contributed by atoms with van der Waals surface area (Å²) in [5.41, 5.74) is 3.64. The van der Waals surface area contributed by atoms with Gasteiger partial charge in [-0.25, -0.2) is 14.6 Å². The first kappa shape index (κ1) is 26.9. The monoisotopic (exact) mass is 540 g/mol. The van der Waals surface area contributed by atoms with Crippen molar-refractivity contribution in [2.24, 2.45) is 0 Å². The summed E-state index contributed by atoms with van der Waals surface area (Å²) < 4.78 is 6.73. The van der Waals surface area contributed by atoms with Crippen LogP contribution in [0, 0.1) is 0 Å². The molecule has 1 atom stereocenters. The maximum atomic E-state index is 13.1. The van der Waals surface area contributed by atoms with Crippen LogP contribution in [0.3, 0.4) is 0 Å². The lowest BCUT2D eigenvalue weighted by Gasteiger charge is -2.24. The molecular formula is C31H32N4O5. The first-order valence-electron chi connectivity index (χ1n) is 13.5. The van der Waals surface area contributed by atoms with E-state index >= 15 is 0 Å². The molecule has 40 heavy (non-hydrogen) atoms. The van der Waals surface area contributed by atoms with E-state index in [0.29, 0.717) is 28.5 Å². The second-order valence-electron chi connectivity index (χ2n) is 10.1. The molecule has 1 aliphatic carbocycles. The number of methoxy groups -OCH3 is 1. The van der Waals surface area contributed by atoms with E-state index < -0.39 is 23.9 Å². The lowest BCUT2D eigenvalue weighted by Crippen LogP contribution is -2.42. The number of benzene rings is 2. The summed E-state index contributed by atoms with van der Waals surface area (Å²) in [5.74, 6) is -1.19. The lowest BCUT2D eigenvalue weighted by molar-refractivity contribution is -0.139. The van der Waals surface area contributed by atoms with Gasteiger partial charge in [0.25, 0.3) is 5.91 Å². The SMILES string of the molecule is COC(=O)c1ccc(-c2nc3cc(C(=O)NC(Cc4ccccc4)C(=O)O)ccn3c2NC2CCCCC2)cc1. The number of imidazole rings is 1. The topological polar surface area (TPSA) is 122 Å². The Morgan fingerprint density at radius 2 is 1.73 bits per heavy atom. The third-order valence-corrected chi connectivity index (χ3v) is 7.30. The molecule has 4 aromatic rings. The highest BCUT2D eigenvalue weighted by Crippen LogP contribution is 2.32. The van der Waals surface area contributed by atoms with Crippen molar-refractivity contribution in [2.75, 3.05) is 12.4 Å². The van der Waals surface area contributed by atoms with Gasteiger partial charge in [-0.3, -0.25) is 9.20 Å². The molecule has 1 amide bonds. The highest BCUT2D eigenvalue weighted by molar-refractivity contribution is 5.97. The Labute approximate surface area is 232 Å². The Kier molecular flexibility index (Phi) is 8.10. The van der Waals surface area contributed by atoms with Gasteiger partial charge < -0.3 is 20.5 Å². The quantitative estimate of drug-likeness (QED) is 0.257. The van der Waals surface area contributed by atoms with Crippen molar-refractivity contribution in [3.05, 3.63) is 89.6 Å². The number of hydrogen-bond donors (Lipinski definition) is 3. The number of nitrogens with one attached hydrogen (secondary N) is 2. The van der Waals surface area contributed by atoms with E-state index in [9.17, 15) is 19.5 Å². The molecule has 0 spiro atoms. The summed E-state index contributed by atoms with van der Waals surface area (Å²) in [5, 5.41) is 16.1. The summed E-state index contributed by atoms with van der Waals surface area (Å²) in [6.07, 6.45) is 7.63. The molecule has 1 saturated carbocycles. The van der Waals surface area contributed by atoms with E-state index in [-0.39, 0.29) is 6.42 Å². The van der Waals surface area contributed by atoms with Crippen LogP contribution >= 0.6 is 0 Å². The molecule has 1 fully saturated rings. The third kappa shape index (κ3) is 5.98. The second-order valence-corrected chi connectivity index (χ2v) is 10.1. The summed E-state index contributed by atoms with van der Waals surface area (Å²) in [6.45, 7) is 0. The Morgan fingerprint density at radius 3 is 2.40 bits per heavy atom. The number of rotatable bonds is 9. The fraction of sp³-hybridized carbons (Fsp3) is 0.290. The van der Waals surface area contributed by atoms with Crippen molar-refractivity contribution in [3.8, 4) is 11.3 Å². The molecule has 0 saturated heterocycles. The molecule has 1 aliphatic rings. The van der Waals surface area contributed by atoms with Crippen LogP contribution in [0.15, 0.2) is 72.9 Å². The fourth-order valence-electron chi connectivity index (χ4n) is 5.14. The van der Waals surface area contributed by atoms with Crippen LogP contribution in [0.4, 0.5) is 5.82 Å². The first-order valence-corrected chi connectivity index (χ1v) is 13.5. The number of ether oxygens (including phenoxy) is 1. The maximum Gasteiger partial charge on any atom is 0.337 e. The third-order valence-electron chi connectivity index (χ3n) is 7.30. The van der Waals surface area contributed by atoms with Crippen molar-refractivity contribution in [2.45, 2.75) is 50.6 Å². The lowest BCUT2D eigenvalue weighted by atomic mass is 9.95. The molecule has 5 rings (SSSR count). The van der Waals surface area contributed by atoms with Gasteiger partial charge >= 0.3 is 11.9 Å². The predicted octanol–water partition coefficient (Wildman–Crippen LogP) is 4.96. The minimum absolute atomic E-state index is 0.175. The van der Waals surface area contributed by atoms with Crippen molar-refractivity contribution in [3.63, 3.8) is 0 Å². The first-order chi connectivity index (χ1) is 19.4. The zero-order valence-electron chi connectivity index (χ0n) is 22.3. The molecule has 3 N–H and O–H groups in total. The zero-order chi connectivity index (χ0) is 28.1. The number of nitrogens with zero attached hydrogens (tertiary/aromatic N) is 2. The number of carboxylic acid groups (broad SMARTS) is 1. The molecule has 2 heterocycles. The van der Waals surface area contributed by atoms with E-state index in [2.05, 4.69) is 10.6 Å². The molecule has 2 aromatic heterocycles. The maximum absolute atomic E-state index is 13.1. The van der Waals surface area contributed by atoms with Crippen LogP contribution in [0.5, 0.6) is 0 Å². The highest BCUT2D eigenvalue weighted by atomic mass is 16.5. The van der Waals surface area contributed by atoms with Gasteiger partial charge in [0.2, 0.25) is 0 Å². The van der Waals surface area contributed by atoms with Crippen LogP contribution in [-0.4, -0.2) is 51.5 Å². The number of carbonyl (C=O) groups is 3. The standard InChI is InChI=1S/C31H32N4O5/c1-40-31(39)22-14-12-21(13-15-22)27-28(32-24-10-6-3-7-11-24)35-17-16-23(19-26(35)34-27)29(36)33-25(30(37)38)18-20-8-4-2-5-9-20/h2,4-5,8-9,12-17,19,24-25,32H,3,6-7,10-11,18H2,1H3,(H,33,36)(H,37,38). The number of carbonyl (C=O) groups excluding carboxylic acids is 2. The number of esters is 1. The Hall–Kier alpha value is -4.66. The highest BCUT2D eigenvalue weighted by Gasteiger charge is 2.23. The van der Waals surface area contributed by atoms with E-state index in [4.69, 9.17) is 9.72 Å². The van der Waals surface area contributed by atoms with Gasteiger partial charge in [0.1, 0.15) is 23.2 Å². The van der Waals surface area contributed by atoms with E-state index in [1.54, 1.807) is 30.5 Å². The summed E-state index contributed by atoms with van der Waals surface area (Å²) >= 11 is 0. The molecule has 9 heteroatoms. The van der Waals surface area contributed by atoms with Crippen molar-refractivity contribution in [1.82, 2.24) is 14.7 Å². The number of aromatic nitrogens is 2. The van der Waals surface area contributed by atoms with Crippen LogP contribution in [0.1, 0.15) is 58.4 Å². The molecular weight excluding hydrogens is 508 g/mol. The second kappa shape index (κ2) is 12.0. The molecule has 0 aliphatic heterocycles. The number of amides is 1. The predicted molar refractivity (Wildman–Crippen MR) is 151 cm³/mol. The number of carboxylic acids is 1. The number of fused-ring (bicyclic) bond motifs is 1. The van der Waals surface area contributed by atoms with Crippen molar-refractivity contribution >= 4 is 29.3 Å². The zero-order valence-corrected chi connectivity index (χ0v) is 22.3. The van der Waals surface area contributed by atoms with Crippen molar-refractivity contribution < 1.29 is 24.2 Å². The summed E-state index contributed by atoms with van der Waals surface area (Å²) in [7, 11) is 1.35. The molecule has 0 bridgehead atoms. The van der Waals surface area contributed by atoms with Gasteiger partial charge in [0.05, 0.1) is 12.7 Å². The van der Waals surface area contributed by atoms with Gasteiger partial charge in [-0.2, -0.15) is 0 Å². The van der Waals surface area contributed by atoms with Crippen LogP contribution in [-0.2, 0) is 16.0 Å². The number of pyridine rings is 1. The number of anilines is 1. The Balaban J connectivity index is 1.46. The Morgan fingerprint density at radius 1 is 1.00 bits per heavy atom. The molecule has 9 nitrogen and oxygen atoms in total. The fourth-order valence-corrected chi connectivity index (χ4v) is 5.14. The van der Waals surface area contributed by atoms with Gasteiger partial charge in [-0.05, 0) is 42.7 Å². The van der Waals surface area contributed by atoms with Gasteiger partial charge in [0.15, 0.2) is 0 Å². The largest absolute Gasteiger partial charge is 0.480 e. The van der Waals surface area contributed by atoms with Gasteiger partial charge in [-0.15, -0.1) is 0 Å². The summed E-state index contributed by atoms with van der Waals surface area (Å²) in [4.78, 5) is 41.8. The average molecular weight is 541 g/mol. The van der Waals surface area contributed by atoms with Crippen molar-refractivity contribution in [1.29, 1.82) is 0 Å². The molecule has 1 unspecified atom stereocenters. The number of hydrogen-bond acceptors (Lipinski definition) is 6. The summed E-state index contributed by atoms with van der Waals surface area (Å²) in [6, 6.07) is 18.8. The number of aliphatic carboxylic acids is 1. The van der Waals surface area contributed by atoms with E-state index in [1.807, 2.05) is 46.9 Å². The van der Waals surface area contributed by atoms with Gasteiger partial charge in [-0.1, -0.05) is 61.7 Å². The minimum Gasteiger partial charge on any atom is -0.480 e. The van der Waals surface area contributed by atoms with Crippen LogP contribution < -0.4 is 10.6 Å². The smallest absolute Gasteiger partial charge is 0.337 e. The van der Waals surface area contributed by atoms with Crippen LogP contribution in [0.25, 0.3) is 16.9 Å². The van der Waals surface area contributed by atoms with Gasteiger partial charge in [0, 0.05) is 29.8 Å². The van der Waals surface area contributed by atoms with E-state index in [1.165, 1.54) is 13.5 Å². The van der Waals surface area contributed by atoms with E-state index in [0.717, 1.165) is 42.6 Å². The molecule has 0 radical (unpaired) electrons. The molecule has 206 valence electrons. The normalized spacial score (nSPS) is 14.4. The van der Waals surface area contributed by atoms with Crippen LogP contribution in [0.2, 0.25) is 0 Å². The molecule has 2 aromatic carbocycles. The minimum atomic E-state index is -1.10.